The number of aliphatic imine (C=N–C) groups is 1. The van der Waals surface area contributed by atoms with Gasteiger partial charge in [0.2, 0.25) is 5.91 Å². The van der Waals surface area contributed by atoms with Gasteiger partial charge < -0.3 is 25.0 Å². The molecule has 0 aromatic heterocycles. The molecule has 1 saturated heterocycles. The predicted octanol–water partition coefficient (Wildman–Crippen LogP) is 6.53. The van der Waals surface area contributed by atoms with Crippen LogP contribution in [-0.2, 0) is 14.3 Å². The summed E-state index contributed by atoms with van der Waals surface area (Å²) in [6.07, 6.45) is 12.4. The molecular weight excluding hydrogens is 552 g/mol. The van der Waals surface area contributed by atoms with Crippen molar-refractivity contribution in [3.8, 4) is 0 Å². The zero-order valence-corrected chi connectivity index (χ0v) is 26.0. The first kappa shape index (κ1) is 33.1. The molecule has 42 heavy (non-hydrogen) atoms. The quantitative estimate of drug-likeness (QED) is 0.163. The van der Waals surface area contributed by atoms with Gasteiger partial charge in [0.15, 0.2) is 0 Å². The van der Waals surface area contributed by atoms with Crippen LogP contribution in [0, 0.1) is 0 Å². The number of hydrogen-bond acceptors (Lipinski definition) is 5. The van der Waals surface area contributed by atoms with E-state index in [-0.39, 0.29) is 24.7 Å². The van der Waals surface area contributed by atoms with Gasteiger partial charge in [-0.2, -0.15) is 0 Å². The second-order valence-electron chi connectivity index (χ2n) is 11.0. The Morgan fingerprint density at radius 2 is 1.88 bits per heavy atom. The first-order valence-corrected chi connectivity index (χ1v) is 15.0. The fourth-order valence-corrected chi connectivity index (χ4v) is 5.63. The maximum atomic E-state index is 12.9. The van der Waals surface area contributed by atoms with E-state index in [2.05, 4.69) is 28.8 Å². The SMILES string of the molecule is C=C(C)CC(=C1CCN(C(=O)OC2CCCCC2)CC1)c1ccc(Cl)cc1C(=C)C(/C=C/NC=NC)NC(=O)COC. The van der Waals surface area contributed by atoms with E-state index in [1.807, 2.05) is 36.1 Å². The molecule has 1 aromatic carbocycles. The lowest BCUT2D eigenvalue weighted by atomic mass is 9.84. The maximum Gasteiger partial charge on any atom is 0.410 e. The molecule has 1 saturated carbocycles. The third kappa shape index (κ3) is 9.88. The number of likely N-dealkylation sites (tertiary alicyclic amines) is 1. The standard InChI is InChI=1S/C33H45ClN4O4/c1-23(2)19-30(25-14-17-38(18-15-25)33(40)42-27-9-7-6-8-10-27)28-12-11-26(34)20-29(28)24(3)31(13-16-36-22-35-4)37-32(39)21-41-5/h11-13,16,20,22,27,31H,1,3,6-10,14-15,17-19,21H2,2,4-5H3,(H,35,36)(H,37,39)/b16-13+. The van der Waals surface area contributed by atoms with Gasteiger partial charge in [-0.1, -0.05) is 48.4 Å². The van der Waals surface area contributed by atoms with Gasteiger partial charge >= 0.3 is 6.09 Å². The molecule has 0 radical (unpaired) electrons. The lowest BCUT2D eigenvalue weighted by molar-refractivity contribution is -0.124. The van der Waals surface area contributed by atoms with Gasteiger partial charge in [0.1, 0.15) is 12.7 Å². The van der Waals surface area contributed by atoms with Crippen LogP contribution in [-0.4, -0.2) is 69.2 Å². The van der Waals surface area contributed by atoms with E-state index in [0.29, 0.717) is 30.1 Å². The van der Waals surface area contributed by atoms with Crippen LogP contribution in [0.1, 0.15) is 69.4 Å². The number of piperidine rings is 1. The molecule has 2 aliphatic rings. The third-order valence-electron chi connectivity index (χ3n) is 7.56. The Morgan fingerprint density at radius 3 is 2.52 bits per heavy atom. The molecule has 1 unspecified atom stereocenters. The number of halogens is 1. The van der Waals surface area contributed by atoms with Gasteiger partial charge in [-0.25, -0.2) is 4.79 Å². The van der Waals surface area contributed by atoms with Gasteiger partial charge in [0.05, 0.1) is 12.4 Å². The first-order chi connectivity index (χ1) is 20.2. The van der Waals surface area contributed by atoms with Crippen molar-refractivity contribution >= 4 is 41.1 Å². The number of carbonyl (C=O) groups is 2. The molecule has 1 aliphatic carbocycles. The summed E-state index contributed by atoms with van der Waals surface area (Å²) in [6.45, 7) is 11.7. The zero-order valence-electron chi connectivity index (χ0n) is 25.2. The summed E-state index contributed by atoms with van der Waals surface area (Å²) in [5.74, 6) is -0.269. The minimum absolute atomic E-state index is 0.0423. The Hall–Kier alpha value is -3.36. The Bertz CT molecular complexity index is 1210. The second-order valence-corrected chi connectivity index (χ2v) is 11.4. The van der Waals surface area contributed by atoms with Crippen molar-refractivity contribution in [3.63, 3.8) is 0 Å². The Morgan fingerprint density at radius 1 is 1.17 bits per heavy atom. The molecule has 2 amide bonds. The van der Waals surface area contributed by atoms with Crippen LogP contribution in [0.15, 0.2) is 59.8 Å². The predicted molar refractivity (Wildman–Crippen MR) is 171 cm³/mol. The highest BCUT2D eigenvalue weighted by atomic mass is 35.5. The Kier molecular flexibility index (Phi) is 13.4. The molecule has 8 nitrogen and oxygen atoms in total. The average molecular weight is 597 g/mol. The van der Waals surface area contributed by atoms with E-state index in [4.69, 9.17) is 21.1 Å². The highest BCUT2D eigenvalue weighted by molar-refractivity contribution is 6.30. The molecule has 3 rings (SSSR count). The molecule has 1 atom stereocenters. The van der Waals surface area contributed by atoms with Crippen LogP contribution >= 0.6 is 11.6 Å². The highest BCUT2D eigenvalue weighted by Gasteiger charge is 2.27. The lowest BCUT2D eigenvalue weighted by Gasteiger charge is -2.32. The molecule has 9 heteroatoms. The number of rotatable bonds is 12. The molecule has 0 spiro atoms. The number of methoxy groups -OCH3 is 1. The normalized spacial score (nSPS) is 16.9. The molecule has 1 aromatic rings. The van der Waals surface area contributed by atoms with Gasteiger partial charge in [0, 0.05) is 38.5 Å². The van der Waals surface area contributed by atoms with Crippen molar-refractivity contribution in [1.82, 2.24) is 15.5 Å². The molecule has 228 valence electrons. The highest BCUT2D eigenvalue weighted by Crippen LogP contribution is 2.37. The summed E-state index contributed by atoms with van der Waals surface area (Å²) in [7, 11) is 3.14. The molecule has 1 aliphatic heterocycles. The number of amides is 2. The fraction of sp³-hybridized carbons (Fsp3) is 0.485. The van der Waals surface area contributed by atoms with Crippen LogP contribution in [0.2, 0.25) is 5.02 Å². The summed E-state index contributed by atoms with van der Waals surface area (Å²) < 4.78 is 10.9. The number of allylic oxidation sites excluding steroid dienone is 2. The molecule has 0 bridgehead atoms. The van der Waals surface area contributed by atoms with E-state index in [9.17, 15) is 9.59 Å². The van der Waals surface area contributed by atoms with Crippen LogP contribution in [0.5, 0.6) is 0 Å². The van der Waals surface area contributed by atoms with Gasteiger partial charge in [-0.15, -0.1) is 0 Å². The van der Waals surface area contributed by atoms with Crippen LogP contribution in [0.3, 0.4) is 0 Å². The van der Waals surface area contributed by atoms with Crippen molar-refractivity contribution in [2.45, 2.75) is 70.4 Å². The van der Waals surface area contributed by atoms with E-state index in [1.165, 1.54) is 19.1 Å². The van der Waals surface area contributed by atoms with E-state index >= 15 is 0 Å². The lowest BCUT2D eigenvalue weighted by Crippen LogP contribution is -2.39. The van der Waals surface area contributed by atoms with Gasteiger partial charge in [-0.3, -0.25) is 9.79 Å². The van der Waals surface area contributed by atoms with Crippen LogP contribution in [0.4, 0.5) is 4.79 Å². The maximum absolute atomic E-state index is 12.9. The topological polar surface area (TPSA) is 92.3 Å². The van der Waals surface area contributed by atoms with E-state index in [0.717, 1.165) is 60.8 Å². The summed E-state index contributed by atoms with van der Waals surface area (Å²) in [4.78, 5) is 31.2. The fourth-order valence-electron chi connectivity index (χ4n) is 5.45. The third-order valence-corrected chi connectivity index (χ3v) is 7.79. The molecule has 2 N–H and O–H groups in total. The summed E-state index contributed by atoms with van der Waals surface area (Å²) in [5.41, 5.74) is 5.95. The number of nitrogens with one attached hydrogen (secondary N) is 2. The average Bonchev–Trinajstić information content (AvgIpc) is 2.98. The minimum Gasteiger partial charge on any atom is -0.446 e. The van der Waals surface area contributed by atoms with Crippen LogP contribution in [0.25, 0.3) is 11.1 Å². The minimum atomic E-state index is -0.532. The van der Waals surface area contributed by atoms with Crippen LogP contribution < -0.4 is 10.6 Å². The number of ether oxygens (including phenoxy) is 2. The molecular formula is C33H45ClN4O4. The van der Waals surface area contributed by atoms with Crippen molar-refractivity contribution in [1.29, 1.82) is 0 Å². The smallest absolute Gasteiger partial charge is 0.410 e. The van der Waals surface area contributed by atoms with Gasteiger partial charge in [0.25, 0.3) is 0 Å². The Labute approximate surface area is 255 Å². The first-order valence-electron chi connectivity index (χ1n) is 14.6. The molecule has 1 heterocycles. The summed E-state index contributed by atoms with van der Waals surface area (Å²) >= 11 is 6.51. The van der Waals surface area contributed by atoms with Gasteiger partial charge in [-0.05, 0) is 92.4 Å². The monoisotopic (exact) mass is 596 g/mol. The van der Waals surface area contributed by atoms with Crippen molar-refractivity contribution < 1.29 is 19.1 Å². The van der Waals surface area contributed by atoms with Crippen molar-refractivity contribution in [2.24, 2.45) is 4.99 Å². The number of nitrogens with zero attached hydrogens (tertiary/aromatic N) is 2. The zero-order chi connectivity index (χ0) is 30.5. The summed E-state index contributed by atoms with van der Waals surface area (Å²) in [6, 6.07) is 5.24. The van der Waals surface area contributed by atoms with E-state index < -0.39 is 6.04 Å². The largest absolute Gasteiger partial charge is 0.446 e. The number of hydrogen-bond donors (Lipinski definition) is 2. The molecule has 2 fully saturated rings. The van der Waals surface area contributed by atoms with E-state index in [1.54, 1.807) is 19.6 Å². The second kappa shape index (κ2) is 16.9. The number of carbonyl (C=O) groups excluding carboxylic acids is 2. The number of benzene rings is 1. The van der Waals surface area contributed by atoms with Crippen molar-refractivity contribution in [3.05, 3.63) is 70.9 Å². The Balaban J connectivity index is 1.90. The summed E-state index contributed by atoms with van der Waals surface area (Å²) in [5, 5.41) is 6.51. The van der Waals surface area contributed by atoms with Crippen molar-refractivity contribution in [2.75, 3.05) is 33.9 Å².